The molecule has 0 fully saturated rings. The first kappa shape index (κ1) is 8.48. The van der Waals surface area contributed by atoms with Crippen LogP contribution in [0.4, 0.5) is 5.82 Å². The van der Waals surface area contributed by atoms with Crippen molar-refractivity contribution >= 4 is 12.0 Å². The molecule has 1 aromatic rings. The van der Waals surface area contributed by atoms with E-state index in [1.165, 1.54) is 5.69 Å². The lowest BCUT2D eigenvalue weighted by Crippen LogP contribution is -2.08. The van der Waals surface area contributed by atoms with Gasteiger partial charge in [0.15, 0.2) is 5.82 Å². The Morgan fingerprint density at radius 2 is 2.23 bits per heavy atom. The molecule has 0 amide bonds. The number of hydrogen-bond donors (Lipinski definition) is 0. The highest BCUT2D eigenvalue weighted by Gasteiger charge is 2.17. The molecule has 0 N–H and O–H groups in total. The van der Waals surface area contributed by atoms with Crippen LogP contribution in [0.2, 0.25) is 0 Å². The van der Waals surface area contributed by atoms with Crippen molar-refractivity contribution in [1.82, 2.24) is 9.55 Å². The molecule has 2 rings (SSSR count). The molecule has 3 heteroatoms. The van der Waals surface area contributed by atoms with Crippen LogP contribution >= 0.6 is 0 Å². The van der Waals surface area contributed by atoms with Crippen molar-refractivity contribution in [1.29, 1.82) is 0 Å². The Labute approximate surface area is 78.5 Å². The van der Waals surface area contributed by atoms with Crippen LogP contribution in [0.1, 0.15) is 37.8 Å². The van der Waals surface area contributed by atoms with E-state index >= 15 is 0 Å². The fraction of sp³-hybridized carbons (Fsp3) is 0.600. The first-order valence-corrected chi connectivity index (χ1v) is 4.80. The molecule has 0 spiro atoms. The third kappa shape index (κ3) is 1.28. The highest BCUT2D eigenvalue weighted by atomic mass is 15.2. The summed E-state index contributed by atoms with van der Waals surface area (Å²) >= 11 is 0. The summed E-state index contributed by atoms with van der Waals surface area (Å²) in [6.45, 7) is 6.42. The number of fused-ring (bicyclic) bond motifs is 1. The molecule has 1 aromatic heterocycles. The largest absolute Gasteiger partial charge is 0.328 e. The van der Waals surface area contributed by atoms with Gasteiger partial charge in [-0.2, -0.15) is 0 Å². The van der Waals surface area contributed by atoms with E-state index < -0.39 is 0 Å². The predicted molar refractivity (Wildman–Crippen MR) is 53.8 cm³/mol. The molecular formula is C10H15N3. The average molecular weight is 177 g/mol. The summed E-state index contributed by atoms with van der Waals surface area (Å²) in [4.78, 5) is 8.74. The molecule has 0 radical (unpaired) electrons. The minimum absolute atomic E-state index is 0.490. The Bertz CT molecular complexity index is 347. The van der Waals surface area contributed by atoms with E-state index in [9.17, 15) is 0 Å². The van der Waals surface area contributed by atoms with Crippen molar-refractivity contribution in [3.05, 3.63) is 11.5 Å². The average Bonchev–Trinajstić information content (AvgIpc) is 2.39. The van der Waals surface area contributed by atoms with Crippen molar-refractivity contribution < 1.29 is 0 Å². The molecule has 1 aliphatic heterocycles. The second kappa shape index (κ2) is 2.98. The Morgan fingerprint density at radius 1 is 1.46 bits per heavy atom. The third-order valence-electron chi connectivity index (χ3n) is 2.41. The lowest BCUT2D eigenvalue weighted by atomic mass is 10.2. The smallest absolute Gasteiger partial charge is 0.173 e. The molecule has 2 heterocycles. The number of imidazole rings is 1. The van der Waals surface area contributed by atoms with Crippen LogP contribution in [0, 0.1) is 6.92 Å². The maximum absolute atomic E-state index is 4.44. The van der Waals surface area contributed by atoms with Crippen LogP contribution < -0.4 is 0 Å². The van der Waals surface area contributed by atoms with Crippen LogP contribution in [-0.2, 0) is 6.42 Å². The Morgan fingerprint density at radius 3 is 2.92 bits per heavy atom. The molecular weight excluding hydrogens is 162 g/mol. The fourth-order valence-electron chi connectivity index (χ4n) is 1.95. The first-order chi connectivity index (χ1) is 6.20. The fourth-order valence-corrected chi connectivity index (χ4v) is 1.95. The van der Waals surface area contributed by atoms with Gasteiger partial charge in [0, 0.05) is 12.3 Å². The van der Waals surface area contributed by atoms with Crippen molar-refractivity contribution in [3.8, 4) is 0 Å². The minimum atomic E-state index is 0.490. The van der Waals surface area contributed by atoms with Gasteiger partial charge in [0.25, 0.3) is 0 Å². The molecule has 0 saturated heterocycles. The quantitative estimate of drug-likeness (QED) is 0.648. The van der Waals surface area contributed by atoms with E-state index in [-0.39, 0.29) is 0 Å². The van der Waals surface area contributed by atoms with Gasteiger partial charge in [-0.1, -0.05) is 0 Å². The molecule has 0 saturated carbocycles. The van der Waals surface area contributed by atoms with E-state index in [0.29, 0.717) is 6.04 Å². The molecule has 0 atom stereocenters. The van der Waals surface area contributed by atoms with Crippen LogP contribution in [-0.4, -0.2) is 15.8 Å². The summed E-state index contributed by atoms with van der Waals surface area (Å²) in [6, 6.07) is 0.490. The van der Waals surface area contributed by atoms with E-state index in [1.807, 2.05) is 13.1 Å². The molecule has 3 nitrogen and oxygen atoms in total. The Hall–Kier alpha value is -1.12. The normalized spacial score (nSPS) is 15.1. The number of rotatable bonds is 1. The van der Waals surface area contributed by atoms with Gasteiger partial charge < -0.3 is 4.57 Å². The molecule has 0 unspecified atom stereocenters. The van der Waals surface area contributed by atoms with E-state index in [2.05, 4.69) is 28.4 Å². The number of aromatic nitrogens is 2. The standard InChI is InChI=1S/C10H15N3/c1-7(2)13-8(3)12-10-9(13)5-4-6-11-10/h6-7H,4-5H2,1-3H3. The summed E-state index contributed by atoms with van der Waals surface area (Å²) in [5.74, 6) is 2.01. The topological polar surface area (TPSA) is 30.2 Å². The van der Waals surface area contributed by atoms with Gasteiger partial charge in [0.05, 0.1) is 5.69 Å². The van der Waals surface area contributed by atoms with Crippen molar-refractivity contribution in [2.45, 2.75) is 39.7 Å². The first-order valence-electron chi connectivity index (χ1n) is 4.80. The number of aryl methyl sites for hydroxylation is 1. The second-order valence-corrected chi connectivity index (χ2v) is 3.74. The summed E-state index contributed by atoms with van der Waals surface area (Å²) < 4.78 is 2.28. The van der Waals surface area contributed by atoms with Gasteiger partial charge in [-0.25, -0.2) is 9.98 Å². The Balaban J connectivity index is 2.56. The maximum Gasteiger partial charge on any atom is 0.173 e. The van der Waals surface area contributed by atoms with Gasteiger partial charge in [0.1, 0.15) is 5.82 Å². The molecule has 70 valence electrons. The van der Waals surface area contributed by atoms with E-state index in [0.717, 1.165) is 24.5 Å². The summed E-state index contributed by atoms with van der Waals surface area (Å²) in [7, 11) is 0. The third-order valence-corrected chi connectivity index (χ3v) is 2.41. The highest BCUT2D eigenvalue weighted by molar-refractivity contribution is 5.66. The SMILES string of the molecule is Cc1nc2c(n1C(C)C)CCC=N2. The molecule has 0 bridgehead atoms. The summed E-state index contributed by atoms with van der Waals surface area (Å²) in [5.41, 5.74) is 1.30. The van der Waals surface area contributed by atoms with Crippen molar-refractivity contribution in [2.24, 2.45) is 4.99 Å². The zero-order chi connectivity index (χ0) is 9.42. The van der Waals surface area contributed by atoms with Crippen molar-refractivity contribution in [2.75, 3.05) is 0 Å². The summed E-state index contributed by atoms with van der Waals surface area (Å²) in [6.07, 6.45) is 4.09. The van der Waals surface area contributed by atoms with Crippen LogP contribution in [0.3, 0.4) is 0 Å². The van der Waals surface area contributed by atoms with E-state index in [4.69, 9.17) is 0 Å². The van der Waals surface area contributed by atoms with Crippen molar-refractivity contribution in [3.63, 3.8) is 0 Å². The van der Waals surface area contributed by atoms with Gasteiger partial charge in [0.2, 0.25) is 0 Å². The van der Waals surface area contributed by atoms with Gasteiger partial charge in [-0.05, 0) is 33.6 Å². The van der Waals surface area contributed by atoms with Crippen LogP contribution in [0.5, 0.6) is 0 Å². The maximum atomic E-state index is 4.44. The second-order valence-electron chi connectivity index (χ2n) is 3.74. The number of nitrogens with zero attached hydrogens (tertiary/aromatic N) is 3. The molecule has 1 aliphatic rings. The number of hydrogen-bond acceptors (Lipinski definition) is 2. The zero-order valence-corrected chi connectivity index (χ0v) is 8.41. The van der Waals surface area contributed by atoms with Gasteiger partial charge >= 0.3 is 0 Å². The lowest BCUT2D eigenvalue weighted by molar-refractivity contribution is 0.558. The van der Waals surface area contributed by atoms with E-state index in [1.54, 1.807) is 0 Å². The minimum Gasteiger partial charge on any atom is -0.328 e. The summed E-state index contributed by atoms with van der Waals surface area (Å²) in [5, 5.41) is 0. The molecule has 13 heavy (non-hydrogen) atoms. The van der Waals surface area contributed by atoms with Crippen LogP contribution in [0.25, 0.3) is 0 Å². The zero-order valence-electron chi connectivity index (χ0n) is 8.41. The molecule has 0 aromatic carbocycles. The van der Waals surface area contributed by atoms with Crippen LogP contribution in [0.15, 0.2) is 4.99 Å². The van der Waals surface area contributed by atoms with Gasteiger partial charge in [-0.3, -0.25) is 0 Å². The molecule has 0 aliphatic carbocycles. The monoisotopic (exact) mass is 177 g/mol. The Kier molecular flexibility index (Phi) is 1.94. The number of aliphatic imine (C=N–C) groups is 1. The predicted octanol–water partition coefficient (Wildman–Crippen LogP) is 2.42. The van der Waals surface area contributed by atoms with Gasteiger partial charge in [-0.15, -0.1) is 0 Å². The lowest BCUT2D eigenvalue weighted by Gasteiger charge is -2.14. The highest BCUT2D eigenvalue weighted by Crippen LogP contribution is 2.27.